The zero-order chi connectivity index (χ0) is 18.2. The van der Waals surface area contributed by atoms with Gasteiger partial charge in [0.05, 0.1) is 0 Å². The molecule has 2 rings (SSSR count). The van der Waals surface area contributed by atoms with Crippen molar-refractivity contribution in [3.63, 3.8) is 0 Å². The van der Waals surface area contributed by atoms with Crippen LogP contribution in [0.2, 0.25) is 0 Å². The Morgan fingerprint density at radius 1 is 1.12 bits per heavy atom. The maximum atomic E-state index is 11.8. The van der Waals surface area contributed by atoms with E-state index in [1.165, 1.54) is 6.08 Å². The Balaban J connectivity index is 1.92. The molecule has 0 amide bonds. The first kappa shape index (κ1) is 18.3. The number of nitrogens with zero attached hydrogens (tertiary/aromatic N) is 2. The minimum Gasteiger partial charge on any atom is -0.482 e. The highest BCUT2D eigenvalue weighted by Crippen LogP contribution is 2.21. The average molecular weight is 397 g/mol. The second kappa shape index (κ2) is 8.68. The SMILES string of the molecule is Cc1cc(OCC(=O)Oc2ccc(C=C(C#N)C#N)cc2)ccc1Br. The highest BCUT2D eigenvalue weighted by molar-refractivity contribution is 9.10. The number of aryl methyl sites for hydroxylation is 1. The maximum Gasteiger partial charge on any atom is 0.349 e. The van der Waals surface area contributed by atoms with Crippen molar-refractivity contribution >= 4 is 28.0 Å². The summed E-state index contributed by atoms with van der Waals surface area (Å²) in [5.41, 5.74) is 1.67. The number of esters is 1. The molecule has 0 N–H and O–H groups in total. The van der Waals surface area contributed by atoms with Gasteiger partial charge in [0, 0.05) is 4.47 Å². The zero-order valence-corrected chi connectivity index (χ0v) is 14.9. The van der Waals surface area contributed by atoms with Gasteiger partial charge in [0.1, 0.15) is 29.2 Å². The molecule has 0 spiro atoms. The Morgan fingerprint density at radius 3 is 2.36 bits per heavy atom. The number of ether oxygens (including phenoxy) is 2. The molecule has 6 heteroatoms. The van der Waals surface area contributed by atoms with Crippen LogP contribution in [0.5, 0.6) is 11.5 Å². The minimum absolute atomic E-state index is 0.00272. The summed E-state index contributed by atoms with van der Waals surface area (Å²) in [6.45, 7) is 1.71. The van der Waals surface area contributed by atoms with Crippen LogP contribution < -0.4 is 9.47 Å². The number of rotatable bonds is 5. The molecule has 2 aromatic rings. The first-order chi connectivity index (χ1) is 12.0. The van der Waals surface area contributed by atoms with Crippen LogP contribution >= 0.6 is 15.9 Å². The largest absolute Gasteiger partial charge is 0.482 e. The van der Waals surface area contributed by atoms with Gasteiger partial charge in [0.15, 0.2) is 6.61 Å². The van der Waals surface area contributed by atoms with Crippen LogP contribution in [0.1, 0.15) is 11.1 Å². The summed E-state index contributed by atoms with van der Waals surface area (Å²) < 4.78 is 11.5. The molecule has 0 aliphatic carbocycles. The number of nitriles is 2. The van der Waals surface area contributed by atoms with Crippen LogP contribution in [-0.2, 0) is 4.79 Å². The lowest BCUT2D eigenvalue weighted by Gasteiger charge is -2.08. The van der Waals surface area contributed by atoms with Crippen LogP contribution in [0, 0.1) is 29.6 Å². The summed E-state index contributed by atoms with van der Waals surface area (Å²) in [7, 11) is 0. The van der Waals surface area contributed by atoms with Crippen molar-refractivity contribution in [3.8, 4) is 23.6 Å². The monoisotopic (exact) mass is 396 g/mol. The lowest BCUT2D eigenvalue weighted by molar-refractivity contribution is -0.136. The third-order valence-electron chi connectivity index (χ3n) is 3.15. The molecule has 5 nitrogen and oxygen atoms in total. The molecule has 0 aliphatic rings. The number of hydrogen-bond acceptors (Lipinski definition) is 5. The summed E-state index contributed by atoms with van der Waals surface area (Å²) in [4.78, 5) is 11.8. The van der Waals surface area contributed by atoms with Gasteiger partial charge in [-0.1, -0.05) is 28.1 Å². The average Bonchev–Trinajstić information content (AvgIpc) is 2.62. The number of halogens is 1. The van der Waals surface area contributed by atoms with Gasteiger partial charge in [0.2, 0.25) is 0 Å². The van der Waals surface area contributed by atoms with Gasteiger partial charge in [-0.25, -0.2) is 4.79 Å². The smallest absolute Gasteiger partial charge is 0.349 e. The second-order valence-electron chi connectivity index (χ2n) is 5.02. The van der Waals surface area contributed by atoms with Crippen molar-refractivity contribution in [2.75, 3.05) is 6.61 Å². The number of allylic oxidation sites excluding steroid dienone is 1. The highest BCUT2D eigenvalue weighted by atomic mass is 79.9. The molecule has 0 heterocycles. The van der Waals surface area contributed by atoms with Gasteiger partial charge in [-0.2, -0.15) is 10.5 Å². The Morgan fingerprint density at radius 2 is 1.76 bits per heavy atom. The molecule has 0 atom stereocenters. The van der Waals surface area contributed by atoms with Crippen LogP contribution in [0.3, 0.4) is 0 Å². The molecule has 0 bridgehead atoms. The summed E-state index contributed by atoms with van der Waals surface area (Å²) in [5, 5.41) is 17.4. The van der Waals surface area contributed by atoms with E-state index in [9.17, 15) is 4.79 Å². The van der Waals surface area contributed by atoms with Gasteiger partial charge < -0.3 is 9.47 Å². The normalized spacial score (nSPS) is 9.44. The number of hydrogen-bond donors (Lipinski definition) is 0. The molecule has 0 saturated heterocycles. The van der Waals surface area contributed by atoms with Crippen LogP contribution in [0.4, 0.5) is 0 Å². The molecular weight excluding hydrogens is 384 g/mol. The van der Waals surface area contributed by atoms with Crippen LogP contribution in [0.25, 0.3) is 6.08 Å². The van der Waals surface area contributed by atoms with Crippen LogP contribution in [-0.4, -0.2) is 12.6 Å². The van der Waals surface area contributed by atoms with E-state index < -0.39 is 5.97 Å². The van der Waals surface area contributed by atoms with Crippen molar-refractivity contribution in [2.24, 2.45) is 0 Å². The first-order valence-corrected chi connectivity index (χ1v) is 8.02. The molecule has 25 heavy (non-hydrogen) atoms. The Bertz CT molecular complexity index is 874. The molecule has 0 saturated carbocycles. The molecule has 0 aromatic heterocycles. The topological polar surface area (TPSA) is 83.1 Å². The van der Waals surface area contributed by atoms with Gasteiger partial charge >= 0.3 is 5.97 Å². The number of carbonyl (C=O) groups is 1. The lowest BCUT2D eigenvalue weighted by Crippen LogP contribution is -2.17. The summed E-state index contributed by atoms with van der Waals surface area (Å²) in [5.74, 6) is 0.408. The minimum atomic E-state index is -0.529. The fourth-order valence-corrected chi connectivity index (χ4v) is 2.15. The highest BCUT2D eigenvalue weighted by Gasteiger charge is 2.07. The first-order valence-electron chi connectivity index (χ1n) is 7.23. The molecule has 0 radical (unpaired) electrons. The Hall–Kier alpha value is -3.09. The molecule has 0 unspecified atom stereocenters. The number of carbonyl (C=O) groups excluding carboxylic acids is 1. The Kier molecular flexibility index (Phi) is 6.33. The van der Waals surface area contributed by atoms with Crippen LogP contribution in [0.15, 0.2) is 52.5 Å². The van der Waals surface area contributed by atoms with Gasteiger partial charge in [0.25, 0.3) is 0 Å². The van der Waals surface area contributed by atoms with E-state index in [0.717, 1.165) is 10.0 Å². The van der Waals surface area contributed by atoms with E-state index in [1.54, 1.807) is 42.5 Å². The predicted molar refractivity (Wildman–Crippen MR) is 95.7 cm³/mol. The van der Waals surface area contributed by atoms with Crippen molar-refractivity contribution in [2.45, 2.75) is 6.92 Å². The molecule has 2 aromatic carbocycles. The van der Waals surface area contributed by atoms with Gasteiger partial charge in [-0.15, -0.1) is 0 Å². The molecular formula is C19H13BrN2O3. The zero-order valence-electron chi connectivity index (χ0n) is 13.3. The van der Waals surface area contributed by atoms with E-state index in [4.69, 9.17) is 20.0 Å². The third-order valence-corrected chi connectivity index (χ3v) is 4.04. The quantitative estimate of drug-likeness (QED) is 0.430. The van der Waals surface area contributed by atoms with E-state index >= 15 is 0 Å². The van der Waals surface area contributed by atoms with Crippen molar-refractivity contribution in [3.05, 3.63) is 63.6 Å². The molecule has 0 fully saturated rings. The standard InChI is InChI=1S/C19H13BrN2O3/c1-13-8-17(6-7-18(13)20)24-12-19(23)25-16-4-2-14(3-5-16)9-15(10-21)11-22/h2-9H,12H2,1H3. The van der Waals surface area contributed by atoms with Crippen molar-refractivity contribution in [1.82, 2.24) is 0 Å². The van der Waals surface area contributed by atoms with Crippen molar-refractivity contribution < 1.29 is 14.3 Å². The van der Waals surface area contributed by atoms with E-state index in [2.05, 4.69) is 15.9 Å². The van der Waals surface area contributed by atoms with E-state index in [-0.39, 0.29) is 12.2 Å². The fraction of sp³-hybridized carbons (Fsp3) is 0.105. The molecule has 0 aliphatic heterocycles. The second-order valence-corrected chi connectivity index (χ2v) is 5.88. The Labute approximate surface area is 153 Å². The molecule has 124 valence electrons. The summed E-state index contributed by atoms with van der Waals surface area (Å²) in [6.07, 6.45) is 1.45. The van der Waals surface area contributed by atoms with E-state index in [0.29, 0.717) is 17.1 Å². The summed E-state index contributed by atoms with van der Waals surface area (Å²) >= 11 is 3.40. The summed E-state index contributed by atoms with van der Waals surface area (Å²) in [6, 6.07) is 15.5. The van der Waals surface area contributed by atoms with E-state index in [1.807, 2.05) is 19.1 Å². The fourth-order valence-electron chi connectivity index (χ4n) is 1.90. The van der Waals surface area contributed by atoms with Gasteiger partial charge in [-0.05, 0) is 54.5 Å². The van der Waals surface area contributed by atoms with Gasteiger partial charge in [-0.3, -0.25) is 0 Å². The predicted octanol–water partition coefficient (Wildman–Crippen LogP) is 4.17. The lowest BCUT2D eigenvalue weighted by atomic mass is 10.1. The van der Waals surface area contributed by atoms with Crippen molar-refractivity contribution in [1.29, 1.82) is 10.5 Å². The maximum absolute atomic E-state index is 11.8. The number of benzene rings is 2. The third kappa shape index (κ3) is 5.49.